The molecule has 1 unspecified atom stereocenters. The van der Waals surface area contributed by atoms with Gasteiger partial charge in [0, 0.05) is 38.1 Å². The molecule has 0 aromatic heterocycles. The molecule has 0 aromatic carbocycles. The lowest BCUT2D eigenvalue weighted by Crippen LogP contribution is -2.50. The van der Waals surface area contributed by atoms with E-state index in [0.717, 1.165) is 32.7 Å². The molecule has 2 saturated heterocycles. The number of likely N-dealkylation sites (N-methyl/N-ethyl adjacent to an activating group) is 1. The number of hydrogen-bond acceptors (Lipinski definition) is 3. The molecule has 0 aromatic rings. The van der Waals surface area contributed by atoms with E-state index in [4.69, 9.17) is 0 Å². The number of hydrogen-bond donors (Lipinski definition) is 3. The summed E-state index contributed by atoms with van der Waals surface area (Å²) in [6.45, 7) is 4.78. The van der Waals surface area contributed by atoms with Crippen LogP contribution in [-0.4, -0.2) is 56.7 Å². The highest BCUT2D eigenvalue weighted by atomic mass is 16.2. The summed E-state index contributed by atoms with van der Waals surface area (Å²) in [5.41, 5.74) is 0. The van der Waals surface area contributed by atoms with Gasteiger partial charge in [-0.3, -0.25) is 0 Å². The quantitative estimate of drug-likeness (QED) is 0.611. The molecule has 16 heavy (non-hydrogen) atoms. The van der Waals surface area contributed by atoms with Crippen LogP contribution in [0.3, 0.4) is 0 Å². The fourth-order valence-corrected chi connectivity index (χ4v) is 2.24. The average Bonchev–Trinajstić information content (AvgIpc) is 2.59. The highest BCUT2D eigenvalue weighted by Crippen LogP contribution is 2.13. The van der Waals surface area contributed by atoms with E-state index in [0.29, 0.717) is 12.0 Å². The van der Waals surface area contributed by atoms with E-state index in [1.165, 1.54) is 12.8 Å². The van der Waals surface area contributed by atoms with E-state index in [1.54, 1.807) is 0 Å². The Morgan fingerprint density at radius 2 is 2.12 bits per heavy atom. The first-order chi connectivity index (χ1) is 7.75. The molecule has 3 N–H and O–H groups in total. The Hall–Kier alpha value is -0.810. The Labute approximate surface area is 96.9 Å². The first-order valence-electron chi connectivity index (χ1n) is 6.18. The molecule has 2 fully saturated rings. The van der Waals surface area contributed by atoms with Crippen LogP contribution in [0.5, 0.6) is 0 Å². The standard InChI is InChI=1S/C11H22N4O/c1-15-4-2-3-10(15)8-14-11(16)13-7-9-5-12-6-9/h9-10,12H,2-8H2,1H3,(H2,13,14,16). The highest BCUT2D eigenvalue weighted by molar-refractivity contribution is 5.73. The molecule has 5 heteroatoms. The van der Waals surface area contributed by atoms with E-state index in [1.807, 2.05) is 0 Å². The molecule has 2 aliphatic rings. The topological polar surface area (TPSA) is 56.4 Å². The van der Waals surface area contributed by atoms with Gasteiger partial charge in [0.15, 0.2) is 0 Å². The maximum Gasteiger partial charge on any atom is 0.314 e. The van der Waals surface area contributed by atoms with Crippen LogP contribution in [0, 0.1) is 5.92 Å². The van der Waals surface area contributed by atoms with Crippen LogP contribution in [0.4, 0.5) is 4.79 Å². The van der Waals surface area contributed by atoms with Gasteiger partial charge in [-0.05, 0) is 26.4 Å². The number of likely N-dealkylation sites (tertiary alicyclic amines) is 1. The van der Waals surface area contributed by atoms with E-state index in [-0.39, 0.29) is 6.03 Å². The molecule has 2 heterocycles. The van der Waals surface area contributed by atoms with Crippen LogP contribution in [0.15, 0.2) is 0 Å². The number of nitrogens with one attached hydrogen (secondary N) is 3. The molecule has 0 bridgehead atoms. The Morgan fingerprint density at radius 3 is 2.69 bits per heavy atom. The minimum absolute atomic E-state index is 0.0211. The smallest absolute Gasteiger partial charge is 0.314 e. The monoisotopic (exact) mass is 226 g/mol. The Kier molecular flexibility index (Phi) is 4.01. The van der Waals surface area contributed by atoms with Gasteiger partial charge in [-0.25, -0.2) is 4.79 Å². The molecule has 5 nitrogen and oxygen atoms in total. The zero-order chi connectivity index (χ0) is 11.4. The second-order valence-corrected chi connectivity index (χ2v) is 4.89. The molecule has 0 radical (unpaired) electrons. The third-order valence-corrected chi connectivity index (χ3v) is 3.59. The van der Waals surface area contributed by atoms with Crippen molar-refractivity contribution >= 4 is 6.03 Å². The third kappa shape index (κ3) is 3.09. The number of amides is 2. The molecule has 0 saturated carbocycles. The van der Waals surface area contributed by atoms with Crippen LogP contribution in [0.2, 0.25) is 0 Å². The van der Waals surface area contributed by atoms with Crippen molar-refractivity contribution in [3.63, 3.8) is 0 Å². The van der Waals surface area contributed by atoms with Gasteiger partial charge in [0.2, 0.25) is 0 Å². The van der Waals surface area contributed by atoms with Gasteiger partial charge in [0.25, 0.3) is 0 Å². The zero-order valence-corrected chi connectivity index (χ0v) is 9.96. The molecular weight excluding hydrogens is 204 g/mol. The summed E-state index contributed by atoms with van der Waals surface area (Å²) in [6, 6.07) is 0.503. The molecule has 2 rings (SSSR count). The highest BCUT2D eigenvalue weighted by Gasteiger charge is 2.21. The molecular formula is C11H22N4O. The van der Waals surface area contributed by atoms with Crippen molar-refractivity contribution < 1.29 is 4.79 Å². The summed E-state index contributed by atoms with van der Waals surface area (Å²) >= 11 is 0. The van der Waals surface area contributed by atoms with Crippen molar-refractivity contribution in [2.75, 3.05) is 39.8 Å². The van der Waals surface area contributed by atoms with E-state index >= 15 is 0 Å². The van der Waals surface area contributed by atoms with Crippen molar-refractivity contribution in [3.8, 4) is 0 Å². The van der Waals surface area contributed by atoms with Crippen molar-refractivity contribution in [2.24, 2.45) is 5.92 Å². The fraction of sp³-hybridized carbons (Fsp3) is 0.909. The van der Waals surface area contributed by atoms with Crippen LogP contribution in [-0.2, 0) is 0 Å². The first-order valence-corrected chi connectivity index (χ1v) is 6.18. The summed E-state index contributed by atoms with van der Waals surface area (Å²) in [5.74, 6) is 0.625. The van der Waals surface area contributed by atoms with Crippen LogP contribution in [0.1, 0.15) is 12.8 Å². The van der Waals surface area contributed by atoms with Crippen molar-refractivity contribution in [2.45, 2.75) is 18.9 Å². The number of urea groups is 1. The van der Waals surface area contributed by atoms with Gasteiger partial charge in [0.1, 0.15) is 0 Å². The first kappa shape index (κ1) is 11.7. The lowest BCUT2D eigenvalue weighted by Gasteiger charge is -2.27. The molecule has 92 valence electrons. The Balaban J connectivity index is 1.56. The lowest BCUT2D eigenvalue weighted by atomic mass is 10.0. The Morgan fingerprint density at radius 1 is 1.38 bits per heavy atom. The minimum atomic E-state index is -0.0211. The second kappa shape index (κ2) is 5.50. The van der Waals surface area contributed by atoms with Crippen molar-refractivity contribution in [3.05, 3.63) is 0 Å². The molecule has 2 aliphatic heterocycles. The zero-order valence-electron chi connectivity index (χ0n) is 9.96. The fourth-order valence-electron chi connectivity index (χ4n) is 2.24. The van der Waals surface area contributed by atoms with Crippen molar-refractivity contribution in [1.82, 2.24) is 20.9 Å². The largest absolute Gasteiger partial charge is 0.338 e. The number of nitrogens with zero attached hydrogens (tertiary/aromatic N) is 1. The third-order valence-electron chi connectivity index (χ3n) is 3.59. The van der Waals surface area contributed by atoms with Crippen molar-refractivity contribution in [1.29, 1.82) is 0 Å². The maximum atomic E-state index is 11.5. The SMILES string of the molecule is CN1CCCC1CNC(=O)NCC1CNC1. The predicted molar refractivity (Wildman–Crippen MR) is 63.4 cm³/mol. The van der Waals surface area contributed by atoms with Crippen LogP contribution in [0.25, 0.3) is 0 Å². The number of carbonyl (C=O) groups is 1. The van der Waals surface area contributed by atoms with Crippen LogP contribution >= 0.6 is 0 Å². The van der Waals surface area contributed by atoms with Gasteiger partial charge >= 0.3 is 6.03 Å². The van der Waals surface area contributed by atoms with Crippen LogP contribution < -0.4 is 16.0 Å². The molecule has 0 spiro atoms. The average molecular weight is 226 g/mol. The summed E-state index contributed by atoms with van der Waals surface area (Å²) < 4.78 is 0. The Bertz CT molecular complexity index is 242. The predicted octanol–water partition coefficient (Wildman–Crippen LogP) is -0.401. The minimum Gasteiger partial charge on any atom is -0.338 e. The number of carbonyl (C=O) groups excluding carboxylic acids is 1. The number of rotatable bonds is 4. The summed E-state index contributed by atoms with van der Waals surface area (Å²) in [5, 5.41) is 9.05. The maximum absolute atomic E-state index is 11.5. The van der Waals surface area contributed by atoms with E-state index in [2.05, 4.69) is 27.9 Å². The van der Waals surface area contributed by atoms with Gasteiger partial charge in [-0.15, -0.1) is 0 Å². The van der Waals surface area contributed by atoms with Gasteiger partial charge in [-0.1, -0.05) is 0 Å². The van der Waals surface area contributed by atoms with Gasteiger partial charge < -0.3 is 20.9 Å². The van der Waals surface area contributed by atoms with E-state index in [9.17, 15) is 4.79 Å². The summed E-state index contributed by atoms with van der Waals surface area (Å²) in [4.78, 5) is 13.8. The molecule has 0 aliphatic carbocycles. The molecule has 2 amide bonds. The van der Waals surface area contributed by atoms with Gasteiger partial charge in [0.05, 0.1) is 0 Å². The van der Waals surface area contributed by atoms with E-state index < -0.39 is 0 Å². The second-order valence-electron chi connectivity index (χ2n) is 4.89. The summed E-state index contributed by atoms with van der Waals surface area (Å²) in [7, 11) is 2.12. The molecule has 1 atom stereocenters. The van der Waals surface area contributed by atoms with Gasteiger partial charge in [-0.2, -0.15) is 0 Å². The summed E-state index contributed by atoms with van der Waals surface area (Å²) in [6.07, 6.45) is 2.45. The lowest BCUT2D eigenvalue weighted by molar-refractivity contribution is 0.229. The normalized spacial score (nSPS) is 26.4.